The van der Waals surface area contributed by atoms with Crippen LogP contribution in [0.25, 0.3) is 0 Å². The van der Waals surface area contributed by atoms with Crippen LogP contribution in [-0.4, -0.2) is 21.6 Å². The predicted molar refractivity (Wildman–Crippen MR) is 84.2 cm³/mol. The summed E-state index contributed by atoms with van der Waals surface area (Å²) in [5.74, 6) is -0.0125. The molecule has 0 unspecified atom stereocenters. The van der Waals surface area contributed by atoms with Crippen molar-refractivity contribution in [2.45, 2.75) is 12.1 Å². The molecule has 110 valence electrons. The molecule has 0 atom stereocenters. The molecule has 0 fully saturated rings. The number of hydrogen-bond donors (Lipinski definition) is 4. The van der Waals surface area contributed by atoms with Gasteiger partial charge in [0.15, 0.2) is 5.16 Å². The van der Waals surface area contributed by atoms with Gasteiger partial charge in [0.2, 0.25) is 5.91 Å². The van der Waals surface area contributed by atoms with Gasteiger partial charge < -0.3 is 21.8 Å². The maximum atomic E-state index is 11.8. The molecule has 1 aromatic heterocycles. The second-order valence-corrected chi connectivity index (χ2v) is 5.35. The Morgan fingerprint density at radius 3 is 2.81 bits per heavy atom. The molecule has 0 aliphatic rings. The molecular formula is C13H15N5O2S. The van der Waals surface area contributed by atoms with E-state index >= 15 is 0 Å². The lowest BCUT2D eigenvalue weighted by Gasteiger charge is -2.07. The van der Waals surface area contributed by atoms with Crippen LogP contribution < -0.4 is 22.3 Å². The maximum Gasteiger partial charge on any atom is 0.253 e. The van der Waals surface area contributed by atoms with Crippen molar-refractivity contribution in [2.75, 3.05) is 22.5 Å². The van der Waals surface area contributed by atoms with Crippen LogP contribution in [0.3, 0.4) is 0 Å². The van der Waals surface area contributed by atoms with Gasteiger partial charge in [0.05, 0.1) is 5.75 Å². The molecule has 0 aliphatic carbocycles. The maximum absolute atomic E-state index is 11.8. The molecule has 0 saturated carbocycles. The molecule has 1 amide bonds. The van der Waals surface area contributed by atoms with Crippen molar-refractivity contribution in [1.29, 1.82) is 0 Å². The van der Waals surface area contributed by atoms with E-state index in [2.05, 4.69) is 15.3 Å². The summed E-state index contributed by atoms with van der Waals surface area (Å²) in [6, 6.07) is 6.47. The number of anilines is 3. The number of thioether (sulfide) groups is 1. The van der Waals surface area contributed by atoms with E-state index in [1.165, 1.54) is 6.07 Å². The molecule has 1 aromatic carbocycles. The van der Waals surface area contributed by atoms with Crippen molar-refractivity contribution in [2.24, 2.45) is 0 Å². The summed E-state index contributed by atoms with van der Waals surface area (Å²) in [5.41, 5.74) is 13.1. The topological polar surface area (TPSA) is 127 Å². The van der Waals surface area contributed by atoms with Gasteiger partial charge in [-0.3, -0.25) is 9.59 Å². The first kappa shape index (κ1) is 14.9. The Hall–Kier alpha value is -2.48. The molecule has 0 radical (unpaired) electrons. The Kier molecular flexibility index (Phi) is 4.49. The van der Waals surface area contributed by atoms with Crippen LogP contribution in [0.4, 0.5) is 17.2 Å². The number of H-pyrrole nitrogens is 1. The normalized spacial score (nSPS) is 10.3. The summed E-state index contributed by atoms with van der Waals surface area (Å²) in [5, 5.41) is 3.02. The molecule has 2 rings (SSSR count). The molecule has 0 saturated heterocycles. The Morgan fingerprint density at radius 1 is 1.38 bits per heavy atom. The van der Waals surface area contributed by atoms with Crippen molar-refractivity contribution in [3.05, 3.63) is 40.2 Å². The van der Waals surface area contributed by atoms with Gasteiger partial charge in [0, 0.05) is 17.4 Å². The lowest BCUT2D eigenvalue weighted by molar-refractivity contribution is -0.113. The molecule has 21 heavy (non-hydrogen) atoms. The van der Waals surface area contributed by atoms with Crippen molar-refractivity contribution in [3.63, 3.8) is 0 Å². The van der Waals surface area contributed by atoms with E-state index in [1.807, 2.05) is 13.0 Å². The third-order valence-corrected chi connectivity index (χ3v) is 3.52. The number of rotatable bonds is 4. The fraction of sp³-hybridized carbons (Fsp3) is 0.154. The number of amides is 1. The highest BCUT2D eigenvalue weighted by Crippen LogP contribution is 2.18. The lowest BCUT2D eigenvalue weighted by Crippen LogP contribution is -2.16. The first-order valence-corrected chi connectivity index (χ1v) is 7.08. The largest absolute Gasteiger partial charge is 0.398 e. The first-order chi connectivity index (χ1) is 9.94. The fourth-order valence-electron chi connectivity index (χ4n) is 1.57. The quantitative estimate of drug-likeness (QED) is 0.379. The van der Waals surface area contributed by atoms with E-state index in [9.17, 15) is 9.59 Å². The summed E-state index contributed by atoms with van der Waals surface area (Å²) < 4.78 is 0. The van der Waals surface area contributed by atoms with Crippen LogP contribution in [0.5, 0.6) is 0 Å². The van der Waals surface area contributed by atoms with E-state index < -0.39 is 0 Å². The zero-order valence-corrected chi connectivity index (χ0v) is 12.2. The number of aryl methyl sites for hydroxylation is 1. The van der Waals surface area contributed by atoms with E-state index in [1.54, 1.807) is 12.1 Å². The molecule has 8 heteroatoms. The van der Waals surface area contributed by atoms with Crippen LogP contribution in [-0.2, 0) is 4.79 Å². The average molecular weight is 305 g/mol. The molecule has 0 spiro atoms. The van der Waals surface area contributed by atoms with Crippen molar-refractivity contribution in [3.8, 4) is 0 Å². The SMILES string of the molecule is Cc1ccc(NC(=O)CSc2nc(N)cc(=O)[nH]2)cc1N. The number of carbonyl (C=O) groups excluding carboxylic acids is 1. The minimum Gasteiger partial charge on any atom is -0.398 e. The number of aromatic nitrogens is 2. The number of hydrogen-bond acceptors (Lipinski definition) is 6. The number of benzene rings is 1. The lowest BCUT2D eigenvalue weighted by atomic mass is 10.2. The number of aromatic amines is 1. The number of nitrogen functional groups attached to an aromatic ring is 2. The highest BCUT2D eigenvalue weighted by atomic mass is 32.2. The van der Waals surface area contributed by atoms with Crippen LogP contribution in [0, 0.1) is 6.92 Å². The number of carbonyl (C=O) groups is 1. The minimum atomic E-state index is -0.350. The zero-order chi connectivity index (χ0) is 15.4. The smallest absolute Gasteiger partial charge is 0.253 e. The molecular weight excluding hydrogens is 290 g/mol. The number of nitrogens with one attached hydrogen (secondary N) is 2. The van der Waals surface area contributed by atoms with Gasteiger partial charge in [-0.1, -0.05) is 17.8 Å². The Labute approximate surface area is 125 Å². The standard InChI is InChI=1S/C13H15N5O2S/c1-7-2-3-8(4-9(7)14)16-12(20)6-21-13-17-10(15)5-11(19)18-13/h2-5H,6,14H2,1H3,(H,16,20)(H3,15,17,18,19). The van der Waals surface area contributed by atoms with Crippen molar-refractivity contribution >= 4 is 34.9 Å². The molecule has 0 aliphatic heterocycles. The molecule has 7 nitrogen and oxygen atoms in total. The van der Waals surface area contributed by atoms with Crippen LogP contribution in [0.15, 0.2) is 34.2 Å². The third-order valence-electron chi connectivity index (χ3n) is 2.64. The number of nitrogens with two attached hydrogens (primary N) is 2. The monoisotopic (exact) mass is 305 g/mol. The predicted octanol–water partition coefficient (Wildman–Crippen LogP) is 0.974. The molecule has 1 heterocycles. The summed E-state index contributed by atoms with van der Waals surface area (Å²) in [6.45, 7) is 1.89. The Bertz CT molecular complexity index is 729. The fourth-order valence-corrected chi connectivity index (χ4v) is 2.25. The summed E-state index contributed by atoms with van der Waals surface area (Å²) in [7, 11) is 0. The van der Waals surface area contributed by atoms with Crippen LogP contribution in [0.2, 0.25) is 0 Å². The second-order valence-electron chi connectivity index (χ2n) is 4.38. The first-order valence-electron chi connectivity index (χ1n) is 6.09. The van der Waals surface area contributed by atoms with E-state index in [-0.39, 0.29) is 23.0 Å². The highest BCUT2D eigenvalue weighted by Gasteiger charge is 2.07. The highest BCUT2D eigenvalue weighted by molar-refractivity contribution is 7.99. The average Bonchev–Trinajstić information content (AvgIpc) is 2.40. The van der Waals surface area contributed by atoms with Gasteiger partial charge in [0.1, 0.15) is 5.82 Å². The second kappa shape index (κ2) is 6.31. The molecule has 6 N–H and O–H groups in total. The van der Waals surface area contributed by atoms with E-state index in [4.69, 9.17) is 11.5 Å². The van der Waals surface area contributed by atoms with E-state index in [0.717, 1.165) is 17.3 Å². The van der Waals surface area contributed by atoms with Gasteiger partial charge in [0.25, 0.3) is 5.56 Å². The van der Waals surface area contributed by atoms with Crippen LogP contribution >= 0.6 is 11.8 Å². The number of nitrogens with zero attached hydrogens (tertiary/aromatic N) is 1. The van der Waals surface area contributed by atoms with Gasteiger partial charge in [-0.05, 0) is 24.6 Å². The van der Waals surface area contributed by atoms with Crippen molar-refractivity contribution in [1.82, 2.24) is 9.97 Å². The summed E-state index contributed by atoms with van der Waals surface area (Å²) >= 11 is 1.09. The summed E-state index contributed by atoms with van der Waals surface area (Å²) in [6.07, 6.45) is 0. The Balaban J connectivity index is 1.95. The zero-order valence-electron chi connectivity index (χ0n) is 11.3. The van der Waals surface area contributed by atoms with Gasteiger partial charge >= 0.3 is 0 Å². The van der Waals surface area contributed by atoms with Crippen molar-refractivity contribution < 1.29 is 4.79 Å². The summed E-state index contributed by atoms with van der Waals surface area (Å²) in [4.78, 5) is 29.5. The van der Waals surface area contributed by atoms with Gasteiger partial charge in [-0.2, -0.15) is 0 Å². The molecule has 2 aromatic rings. The Morgan fingerprint density at radius 2 is 2.14 bits per heavy atom. The third kappa shape index (κ3) is 4.25. The van der Waals surface area contributed by atoms with Crippen LogP contribution in [0.1, 0.15) is 5.56 Å². The van der Waals surface area contributed by atoms with Gasteiger partial charge in [-0.15, -0.1) is 0 Å². The van der Waals surface area contributed by atoms with Gasteiger partial charge in [-0.25, -0.2) is 4.98 Å². The molecule has 0 bridgehead atoms. The van der Waals surface area contributed by atoms with E-state index in [0.29, 0.717) is 16.5 Å². The minimum absolute atomic E-state index is 0.0974.